The zero-order valence-electron chi connectivity index (χ0n) is 7.29. The maximum absolute atomic E-state index is 13.1. The summed E-state index contributed by atoms with van der Waals surface area (Å²) in [6.45, 7) is 0. The predicted molar refractivity (Wildman–Crippen MR) is 46.0 cm³/mol. The Balaban J connectivity index is 3.01. The van der Waals surface area contributed by atoms with Crippen molar-refractivity contribution < 1.29 is 9.18 Å². The van der Waals surface area contributed by atoms with Gasteiger partial charge in [-0.2, -0.15) is 0 Å². The molecule has 0 saturated heterocycles. The number of carbonyl (C=O) groups is 1. The van der Waals surface area contributed by atoms with Crippen molar-refractivity contribution >= 4 is 6.29 Å². The first kappa shape index (κ1) is 9.64. The lowest BCUT2D eigenvalue weighted by Gasteiger charge is -2.01. The van der Waals surface area contributed by atoms with E-state index in [1.165, 1.54) is 17.7 Å². The number of aldehydes is 1. The molecule has 0 saturated carbocycles. The summed E-state index contributed by atoms with van der Waals surface area (Å²) < 4.78 is 14.2. The van der Waals surface area contributed by atoms with E-state index in [4.69, 9.17) is 0 Å². The van der Waals surface area contributed by atoms with Crippen LogP contribution in [0.15, 0.2) is 17.1 Å². The SMILES string of the molecule is Cn1cc(F)c(CCC=O)cc1=O. The maximum atomic E-state index is 13.1. The summed E-state index contributed by atoms with van der Waals surface area (Å²) in [6.07, 6.45) is 2.36. The van der Waals surface area contributed by atoms with Crippen LogP contribution in [0.4, 0.5) is 4.39 Å². The minimum Gasteiger partial charge on any atom is -0.316 e. The van der Waals surface area contributed by atoms with Gasteiger partial charge < -0.3 is 9.36 Å². The Kier molecular flexibility index (Phi) is 2.95. The molecule has 0 unspecified atom stereocenters. The zero-order valence-corrected chi connectivity index (χ0v) is 7.29. The van der Waals surface area contributed by atoms with E-state index in [0.717, 1.165) is 6.20 Å². The van der Waals surface area contributed by atoms with E-state index in [1.54, 1.807) is 0 Å². The van der Waals surface area contributed by atoms with Crippen molar-refractivity contribution in [1.82, 2.24) is 4.57 Å². The Hall–Kier alpha value is -1.45. The van der Waals surface area contributed by atoms with Crippen LogP contribution in [0.1, 0.15) is 12.0 Å². The van der Waals surface area contributed by atoms with E-state index in [1.807, 2.05) is 0 Å². The number of nitrogens with zero attached hydrogens (tertiary/aromatic N) is 1. The largest absolute Gasteiger partial charge is 0.316 e. The van der Waals surface area contributed by atoms with Gasteiger partial charge in [0.25, 0.3) is 5.56 Å². The van der Waals surface area contributed by atoms with Crippen LogP contribution in [0.25, 0.3) is 0 Å². The second-order valence-corrected chi connectivity index (χ2v) is 2.80. The van der Waals surface area contributed by atoms with Gasteiger partial charge in [-0.15, -0.1) is 0 Å². The molecule has 0 radical (unpaired) electrons. The van der Waals surface area contributed by atoms with Gasteiger partial charge in [0.1, 0.15) is 12.1 Å². The number of hydrogen-bond acceptors (Lipinski definition) is 2. The van der Waals surface area contributed by atoms with Crippen LogP contribution in [0.2, 0.25) is 0 Å². The van der Waals surface area contributed by atoms with E-state index in [0.29, 0.717) is 11.8 Å². The van der Waals surface area contributed by atoms with Crippen LogP contribution in [0, 0.1) is 5.82 Å². The summed E-state index contributed by atoms with van der Waals surface area (Å²) in [7, 11) is 1.48. The van der Waals surface area contributed by atoms with Gasteiger partial charge in [-0.25, -0.2) is 4.39 Å². The molecule has 0 aromatic carbocycles. The molecule has 4 heteroatoms. The first-order valence-corrected chi connectivity index (χ1v) is 3.94. The Morgan fingerprint density at radius 3 is 2.92 bits per heavy atom. The quantitative estimate of drug-likeness (QED) is 0.645. The van der Waals surface area contributed by atoms with E-state index in [2.05, 4.69) is 0 Å². The molecular weight excluding hydrogens is 173 g/mol. The molecule has 3 nitrogen and oxygen atoms in total. The minimum absolute atomic E-state index is 0.240. The van der Waals surface area contributed by atoms with Crippen LogP contribution >= 0.6 is 0 Å². The third-order valence-electron chi connectivity index (χ3n) is 1.79. The van der Waals surface area contributed by atoms with Gasteiger partial charge >= 0.3 is 0 Å². The molecule has 1 aromatic rings. The fourth-order valence-electron chi connectivity index (χ4n) is 1.04. The van der Waals surface area contributed by atoms with Crippen LogP contribution in [-0.2, 0) is 18.3 Å². The highest BCUT2D eigenvalue weighted by Gasteiger charge is 2.03. The molecule has 70 valence electrons. The van der Waals surface area contributed by atoms with Crippen LogP contribution in [-0.4, -0.2) is 10.9 Å². The van der Waals surface area contributed by atoms with Crippen molar-refractivity contribution in [3.63, 3.8) is 0 Å². The van der Waals surface area contributed by atoms with Crippen LogP contribution < -0.4 is 5.56 Å². The lowest BCUT2D eigenvalue weighted by atomic mass is 10.1. The van der Waals surface area contributed by atoms with Gasteiger partial charge in [-0.3, -0.25) is 4.79 Å². The molecule has 0 aliphatic rings. The fourth-order valence-corrected chi connectivity index (χ4v) is 1.04. The number of carbonyl (C=O) groups excluding carboxylic acids is 1. The highest BCUT2D eigenvalue weighted by Crippen LogP contribution is 2.04. The molecule has 0 fully saturated rings. The van der Waals surface area contributed by atoms with Crippen molar-refractivity contribution in [1.29, 1.82) is 0 Å². The van der Waals surface area contributed by atoms with Crippen LogP contribution in [0.5, 0.6) is 0 Å². The summed E-state index contributed by atoms with van der Waals surface area (Å²) in [5, 5.41) is 0. The van der Waals surface area contributed by atoms with Gasteiger partial charge in [-0.1, -0.05) is 0 Å². The molecular formula is C9H10FNO2. The lowest BCUT2D eigenvalue weighted by Crippen LogP contribution is -2.17. The Labute approximate surface area is 74.8 Å². The fraction of sp³-hybridized carbons (Fsp3) is 0.333. The van der Waals surface area contributed by atoms with Gasteiger partial charge in [0, 0.05) is 25.7 Å². The molecule has 0 amide bonds. The molecule has 1 aromatic heterocycles. The van der Waals surface area contributed by atoms with Crippen molar-refractivity contribution in [3.8, 4) is 0 Å². The summed E-state index contributed by atoms with van der Waals surface area (Å²) >= 11 is 0. The average molecular weight is 183 g/mol. The Bertz CT molecular complexity index is 370. The van der Waals surface area contributed by atoms with E-state index < -0.39 is 5.82 Å². The number of aromatic nitrogens is 1. The van der Waals surface area contributed by atoms with Crippen molar-refractivity contribution in [3.05, 3.63) is 34.0 Å². The third kappa shape index (κ3) is 2.24. The normalized spacial score (nSPS) is 10.0. The summed E-state index contributed by atoms with van der Waals surface area (Å²) in [5.74, 6) is -0.441. The molecule has 1 heterocycles. The van der Waals surface area contributed by atoms with E-state index >= 15 is 0 Å². The molecule has 0 aliphatic carbocycles. The minimum atomic E-state index is -0.441. The first-order valence-electron chi connectivity index (χ1n) is 3.94. The molecule has 0 aliphatic heterocycles. The second kappa shape index (κ2) is 3.98. The monoisotopic (exact) mass is 183 g/mol. The predicted octanol–water partition coefficient (Wildman–Crippen LogP) is 0.656. The molecule has 0 bridgehead atoms. The second-order valence-electron chi connectivity index (χ2n) is 2.80. The number of halogens is 1. The smallest absolute Gasteiger partial charge is 0.250 e. The number of hydrogen-bond donors (Lipinski definition) is 0. The van der Waals surface area contributed by atoms with Gasteiger partial charge in [0.2, 0.25) is 0 Å². The topological polar surface area (TPSA) is 39.1 Å². The summed E-state index contributed by atoms with van der Waals surface area (Å²) in [4.78, 5) is 21.1. The Morgan fingerprint density at radius 1 is 1.62 bits per heavy atom. The number of pyridine rings is 1. The number of aryl methyl sites for hydroxylation is 2. The molecule has 0 N–H and O–H groups in total. The number of rotatable bonds is 3. The van der Waals surface area contributed by atoms with Crippen molar-refractivity contribution in [2.45, 2.75) is 12.8 Å². The first-order chi connectivity index (χ1) is 6.15. The van der Waals surface area contributed by atoms with E-state index in [9.17, 15) is 14.0 Å². The molecule has 0 spiro atoms. The van der Waals surface area contributed by atoms with Gasteiger partial charge in [0.05, 0.1) is 0 Å². The Morgan fingerprint density at radius 2 is 2.31 bits per heavy atom. The summed E-state index contributed by atoms with van der Waals surface area (Å²) in [5.41, 5.74) is 0.0394. The van der Waals surface area contributed by atoms with Crippen LogP contribution in [0.3, 0.4) is 0 Å². The zero-order chi connectivity index (χ0) is 9.84. The molecule has 1 rings (SSSR count). The van der Waals surface area contributed by atoms with E-state index in [-0.39, 0.29) is 18.4 Å². The van der Waals surface area contributed by atoms with Gasteiger partial charge in [0.15, 0.2) is 0 Å². The maximum Gasteiger partial charge on any atom is 0.250 e. The lowest BCUT2D eigenvalue weighted by molar-refractivity contribution is -0.107. The van der Waals surface area contributed by atoms with Crippen molar-refractivity contribution in [2.24, 2.45) is 7.05 Å². The summed E-state index contributed by atoms with van der Waals surface area (Å²) in [6, 6.07) is 1.22. The highest BCUT2D eigenvalue weighted by molar-refractivity contribution is 5.50. The highest BCUT2D eigenvalue weighted by atomic mass is 19.1. The molecule has 13 heavy (non-hydrogen) atoms. The average Bonchev–Trinajstić information content (AvgIpc) is 2.09. The van der Waals surface area contributed by atoms with Gasteiger partial charge in [-0.05, 0) is 12.0 Å². The van der Waals surface area contributed by atoms with Crippen molar-refractivity contribution in [2.75, 3.05) is 0 Å². The molecule has 0 atom stereocenters. The third-order valence-corrected chi connectivity index (χ3v) is 1.79. The standard InChI is InChI=1S/C9H10FNO2/c1-11-6-8(10)7(3-2-4-12)5-9(11)13/h4-6H,2-3H2,1H3.